The Balaban J connectivity index is 1.76. The minimum Gasteiger partial charge on any atom is -0.257 e. The van der Waals surface area contributed by atoms with Gasteiger partial charge >= 0.3 is 0 Å². The number of halogens is 1. The number of hydrogen-bond acceptors (Lipinski definition) is 2. The van der Waals surface area contributed by atoms with Crippen LogP contribution in [0.2, 0.25) is 0 Å². The normalized spacial score (nSPS) is 17.0. The molecule has 0 saturated heterocycles. The van der Waals surface area contributed by atoms with E-state index in [1.807, 2.05) is 12.1 Å². The third-order valence-electron chi connectivity index (χ3n) is 4.27. The zero-order valence-electron chi connectivity index (χ0n) is 13.1. The summed E-state index contributed by atoms with van der Waals surface area (Å²) in [5.41, 5.74) is 4.70. The van der Waals surface area contributed by atoms with Crippen molar-refractivity contribution in [2.24, 2.45) is 5.10 Å². The predicted molar refractivity (Wildman–Crippen MR) is 103 cm³/mol. The van der Waals surface area contributed by atoms with Crippen molar-refractivity contribution in [3.8, 4) is 0 Å². The molecule has 24 heavy (non-hydrogen) atoms. The van der Waals surface area contributed by atoms with Gasteiger partial charge in [-0.25, -0.2) is 0 Å². The number of benzene rings is 3. The zero-order chi connectivity index (χ0) is 16.4. The summed E-state index contributed by atoms with van der Waals surface area (Å²) in [7, 11) is 0. The van der Waals surface area contributed by atoms with E-state index in [1.54, 1.807) is 0 Å². The van der Waals surface area contributed by atoms with Gasteiger partial charge < -0.3 is 0 Å². The Morgan fingerprint density at radius 3 is 2.25 bits per heavy atom. The van der Waals surface area contributed by atoms with Crippen molar-refractivity contribution in [3.05, 3.63) is 101 Å². The fraction of sp³-hybridized carbons (Fsp3) is 0.0952. The lowest BCUT2D eigenvalue weighted by Gasteiger charge is -2.23. The van der Waals surface area contributed by atoms with Crippen LogP contribution in [0.3, 0.4) is 0 Å². The van der Waals surface area contributed by atoms with Crippen LogP contribution >= 0.6 is 15.9 Å². The second kappa shape index (κ2) is 6.62. The molecule has 2 nitrogen and oxygen atoms in total. The number of hydrazone groups is 1. The molecule has 3 aromatic rings. The minimum absolute atomic E-state index is 0.225. The van der Waals surface area contributed by atoms with E-state index in [0.717, 1.165) is 22.3 Å². The Bertz CT molecular complexity index is 859. The fourth-order valence-electron chi connectivity index (χ4n) is 3.11. The van der Waals surface area contributed by atoms with Gasteiger partial charge in [0.25, 0.3) is 0 Å². The topological polar surface area (TPSA) is 15.6 Å². The van der Waals surface area contributed by atoms with Gasteiger partial charge in [-0.2, -0.15) is 5.10 Å². The summed E-state index contributed by atoms with van der Waals surface area (Å²) in [6.07, 6.45) is 0.898. The molecular formula is C21H17BrN2. The second-order valence-electron chi connectivity index (χ2n) is 5.87. The van der Waals surface area contributed by atoms with Crippen LogP contribution in [0.1, 0.15) is 23.6 Å². The molecule has 1 heterocycles. The van der Waals surface area contributed by atoms with E-state index < -0.39 is 0 Å². The van der Waals surface area contributed by atoms with Gasteiger partial charge in [-0.3, -0.25) is 5.01 Å². The summed E-state index contributed by atoms with van der Waals surface area (Å²) in [6, 6.07) is 29.6. The Hall–Kier alpha value is -2.39. The van der Waals surface area contributed by atoms with Crippen molar-refractivity contribution in [2.45, 2.75) is 12.5 Å². The van der Waals surface area contributed by atoms with E-state index in [1.165, 1.54) is 11.1 Å². The first kappa shape index (κ1) is 15.2. The summed E-state index contributed by atoms with van der Waals surface area (Å²) in [4.78, 5) is 0. The van der Waals surface area contributed by atoms with E-state index >= 15 is 0 Å². The molecule has 0 spiro atoms. The van der Waals surface area contributed by atoms with Gasteiger partial charge in [0.15, 0.2) is 0 Å². The molecule has 0 bridgehead atoms. The molecule has 0 saturated carbocycles. The number of hydrogen-bond donors (Lipinski definition) is 0. The molecule has 0 N–H and O–H groups in total. The van der Waals surface area contributed by atoms with Crippen LogP contribution in [0.5, 0.6) is 0 Å². The third-order valence-corrected chi connectivity index (χ3v) is 4.77. The summed E-state index contributed by atoms with van der Waals surface area (Å²) in [5.74, 6) is 0. The van der Waals surface area contributed by atoms with Gasteiger partial charge in [0.2, 0.25) is 0 Å². The van der Waals surface area contributed by atoms with Crippen molar-refractivity contribution >= 4 is 27.3 Å². The molecule has 3 heteroatoms. The van der Waals surface area contributed by atoms with Crippen LogP contribution in [-0.4, -0.2) is 5.71 Å². The molecule has 3 aromatic carbocycles. The molecule has 1 aliphatic rings. The average molecular weight is 377 g/mol. The van der Waals surface area contributed by atoms with Crippen LogP contribution in [0, 0.1) is 0 Å². The van der Waals surface area contributed by atoms with Gasteiger partial charge in [-0.05, 0) is 35.4 Å². The van der Waals surface area contributed by atoms with Crippen LogP contribution in [0.4, 0.5) is 5.69 Å². The molecular weight excluding hydrogens is 360 g/mol. The van der Waals surface area contributed by atoms with Crippen LogP contribution in [0.15, 0.2) is 94.5 Å². The summed E-state index contributed by atoms with van der Waals surface area (Å²) in [5, 5.41) is 7.10. The lowest BCUT2D eigenvalue weighted by atomic mass is 9.98. The SMILES string of the molecule is Brc1cccc(C2=NN(c3ccccc3)C(c3ccccc3)C2)c1. The standard InChI is InChI=1S/C21H17BrN2/c22-18-11-7-10-17(14-18)20-15-21(16-8-3-1-4-9-16)24(23-20)19-12-5-2-6-13-19/h1-14,21H,15H2. The molecule has 1 aliphatic heterocycles. The third kappa shape index (κ3) is 3.00. The highest BCUT2D eigenvalue weighted by Gasteiger charge is 2.29. The van der Waals surface area contributed by atoms with E-state index in [-0.39, 0.29) is 6.04 Å². The molecule has 0 aromatic heterocycles. The minimum atomic E-state index is 0.225. The van der Waals surface area contributed by atoms with Crippen LogP contribution in [-0.2, 0) is 0 Å². The maximum absolute atomic E-state index is 4.96. The molecule has 0 radical (unpaired) electrons. The van der Waals surface area contributed by atoms with Crippen LogP contribution in [0.25, 0.3) is 0 Å². The van der Waals surface area contributed by atoms with Gasteiger partial charge in [0.1, 0.15) is 0 Å². The Kier molecular flexibility index (Phi) is 4.18. The lowest BCUT2D eigenvalue weighted by molar-refractivity contribution is 0.709. The predicted octanol–water partition coefficient (Wildman–Crippen LogP) is 5.80. The summed E-state index contributed by atoms with van der Waals surface area (Å²) >= 11 is 3.56. The highest BCUT2D eigenvalue weighted by molar-refractivity contribution is 9.10. The van der Waals surface area contributed by atoms with Gasteiger partial charge in [-0.1, -0.05) is 76.6 Å². The molecule has 1 atom stereocenters. The number of anilines is 1. The molecule has 0 fully saturated rings. The largest absolute Gasteiger partial charge is 0.257 e. The van der Waals surface area contributed by atoms with Crippen molar-refractivity contribution in [1.29, 1.82) is 0 Å². The Labute approximate surface area is 150 Å². The van der Waals surface area contributed by atoms with Crippen molar-refractivity contribution < 1.29 is 0 Å². The molecule has 1 unspecified atom stereocenters. The fourth-order valence-corrected chi connectivity index (χ4v) is 3.51. The monoisotopic (exact) mass is 376 g/mol. The first-order valence-corrected chi connectivity index (χ1v) is 8.83. The first-order chi connectivity index (χ1) is 11.8. The quantitative estimate of drug-likeness (QED) is 0.563. The second-order valence-corrected chi connectivity index (χ2v) is 6.78. The van der Waals surface area contributed by atoms with E-state index in [9.17, 15) is 0 Å². The van der Waals surface area contributed by atoms with Gasteiger partial charge in [0, 0.05) is 10.9 Å². The first-order valence-electron chi connectivity index (χ1n) is 8.04. The smallest absolute Gasteiger partial charge is 0.0831 e. The van der Waals surface area contributed by atoms with E-state index in [0.29, 0.717) is 0 Å². The van der Waals surface area contributed by atoms with E-state index in [2.05, 4.69) is 93.7 Å². The Morgan fingerprint density at radius 2 is 1.54 bits per heavy atom. The van der Waals surface area contributed by atoms with Crippen molar-refractivity contribution in [3.63, 3.8) is 0 Å². The number of rotatable bonds is 3. The number of para-hydroxylation sites is 1. The highest BCUT2D eigenvalue weighted by Crippen LogP contribution is 2.36. The number of nitrogens with zero attached hydrogens (tertiary/aromatic N) is 2. The maximum atomic E-state index is 4.96. The van der Waals surface area contributed by atoms with Gasteiger partial charge in [-0.15, -0.1) is 0 Å². The average Bonchev–Trinajstić information content (AvgIpc) is 3.09. The van der Waals surface area contributed by atoms with Crippen LogP contribution < -0.4 is 5.01 Å². The maximum Gasteiger partial charge on any atom is 0.0831 e. The van der Waals surface area contributed by atoms with Gasteiger partial charge in [0.05, 0.1) is 17.4 Å². The zero-order valence-corrected chi connectivity index (χ0v) is 14.7. The van der Waals surface area contributed by atoms with E-state index in [4.69, 9.17) is 5.10 Å². The molecule has 4 rings (SSSR count). The Morgan fingerprint density at radius 1 is 0.833 bits per heavy atom. The molecule has 0 aliphatic carbocycles. The molecule has 118 valence electrons. The van der Waals surface area contributed by atoms with Crippen molar-refractivity contribution in [1.82, 2.24) is 0 Å². The molecule has 0 amide bonds. The highest BCUT2D eigenvalue weighted by atomic mass is 79.9. The van der Waals surface area contributed by atoms with Crippen molar-refractivity contribution in [2.75, 3.05) is 5.01 Å². The summed E-state index contributed by atoms with van der Waals surface area (Å²) < 4.78 is 1.08. The lowest BCUT2D eigenvalue weighted by Crippen LogP contribution is -2.18. The summed E-state index contributed by atoms with van der Waals surface area (Å²) in [6.45, 7) is 0.